The SMILES string of the molecule is NCC1(Nc2cc(F)ccc2Cl)CC2CCC1C2. The van der Waals surface area contributed by atoms with Crippen molar-refractivity contribution in [1.29, 1.82) is 0 Å². The van der Waals surface area contributed by atoms with Crippen molar-refractivity contribution in [2.75, 3.05) is 11.9 Å². The summed E-state index contributed by atoms with van der Waals surface area (Å²) in [5.74, 6) is 1.11. The number of hydrogen-bond donors (Lipinski definition) is 2. The van der Waals surface area contributed by atoms with Crippen molar-refractivity contribution >= 4 is 17.3 Å². The molecule has 3 N–H and O–H groups in total. The van der Waals surface area contributed by atoms with Crippen molar-refractivity contribution in [2.24, 2.45) is 17.6 Å². The highest BCUT2D eigenvalue weighted by molar-refractivity contribution is 6.33. The van der Waals surface area contributed by atoms with E-state index in [9.17, 15) is 4.39 Å². The van der Waals surface area contributed by atoms with Gasteiger partial charge in [-0.05, 0) is 55.7 Å². The lowest BCUT2D eigenvalue weighted by molar-refractivity contribution is 0.306. The third-order valence-corrected chi connectivity index (χ3v) is 4.98. The van der Waals surface area contributed by atoms with Crippen LogP contribution < -0.4 is 11.1 Å². The van der Waals surface area contributed by atoms with Crippen LogP contribution in [-0.4, -0.2) is 12.1 Å². The molecule has 0 saturated heterocycles. The standard InChI is InChI=1S/C14H18ClFN2/c15-12-4-3-11(16)6-13(12)18-14(8-17)7-9-1-2-10(14)5-9/h3-4,6,9-10,18H,1-2,5,7-8,17H2. The molecule has 3 atom stereocenters. The number of rotatable bonds is 3. The molecular weight excluding hydrogens is 251 g/mol. The fourth-order valence-corrected chi connectivity index (χ4v) is 3.92. The van der Waals surface area contributed by atoms with Gasteiger partial charge in [-0.15, -0.1) is 0 Å². The number of fused-ring (bicyclic) bond motifs is 2. The van der Waals surface area contributed by atoms with E-state index in [-0.39, 0.29) is 11.4 Å². The summed E-state index contributed by atoms with van der Waals surface area (Å²) in [6.07, 6.45) is 4.87. The summed E-state index contributed by atoms with van der Waals surface area (Å²) in [6.45, 7) is 0.584. The summed E-state index contributed by atoms with van der Waals surface area (Å²) in [5, 5.41) is 4.01. The Kier molecular flexibility index (Phi) is 2.99. The average Bonchev–Trinajstić information content (AvgIpc) is 2.94. The first kappa shape index (κ1) is 12.2. The van der Waals surface area contributed by atoms with Gasteiger partial charge in [-0.3, -0.25) is 0 Å². The second-order valence-electron chi connectivity index (χ2n) is 5.69. The van der Waals surface area contributed by atoms with E-state index in [1.807, 2.05) is 0 Å². The zero-order valence-electron chi connectivity index (χ0n) is 10.3. The average molecular weight is 269 g/mol. The summed E-state index contributed by atoms with van der Waals surface area (Å²) in [7, 11) is 0. The van der Waals surface area contributed by atoms with Gasteiger partial charge in [-0.1, -0.05) is 11.6 Å². The van der Waals surface area contributed by atoms with Gasteiger partial charge in [-0.2, -0.15) is 0 Å². The van der Waals surface area contributed by atoms with Gasteiger partial charge in [0.1, 0.15) is 5.82 Å². The van der Waals surface area contributed by atoms with E-state index in [1.54, 1.807) is 6.07 Å². The maximum Gasteiger partial charge on any atom is 0.125 e. The molecule has 1 aromatic carbocycles. The molecule has 0 radical (unpaired) electrons. The first-order valence-corrected chi connectivity index (χ1v) is 6.94. The molecule has 4 heteroatoms. The minimum Gasteiger partial charge on any atom is -0.377 e. The Bertz CT molecular complexity index is 465. The van der Waals surface area contributed by atoms with E-state index < -0.39 is 0 Å². The maximum absolute atomic E-state index is 13.3. The summed E-state index contributed by atoms with van der Waals surface area (Å²) in [4.78, 5) is 0. The highest BCUT2D eigenvalue weighted by Crippen LogP contribution is 2.52. The molecule has 0 spiro atoms. The van der Waals surface area contributed by atoms with Crippen molar-refractivity contribution in [3.05, 3.63) is 29.0 Å². The minimum atomic E-state index is -0.266. The Labute approximate surface area is 112 Å². The number of nitrogens with two attached hydrogens (primary N) is 1. The largest absolute Gasteiger partial charge is 0.377 e. The van der Waals surface area contributed by atoms with E-state index in [4.69, 9.17) is 17.3 Å². The van der Waals surface area contributed by atoms with Crippen LogP contribution >= 0.6 is 11.6 Å². The van der Waals surface area contributed by atoms with Gasteiger partial charge in [0.25, 0.3) is 0 Å². The number of benzene rings is 1. The smallest absolute Gasteiger partial charge is 0.125 e. The third kappa shape index (κ3) is 1.90. The van der Waals surface area contributed by atoms with E-state index in [0.717, 1.165) is 12.3 Å². The predicted octanol–water partition coefficient (Wildman–Crippen LogP) is 3.41. The molecule has 2 bridgehead atoms. The Balaban J connectivity index is 1.88. The molecule has 3 rings (SSSR count). The topological polar surface area (TPSA) is 38.0 Å². The van der Waals surface area contributed by atoms with Crippen LogP contribution in [0.25, 0.3) is 0 Å². The van der Waals surface area contributed by atoms with Gasteiger partial charge in [0.2, 0.25) is 0 Å². The first-order chi connectivity index (χ1) is 8.63. The van der Waals surface area contributed by atoms with Gasteiger partial charge >= 0.3 is 0 Å². The lowest BCUT2D eigenvalue weighted by Gasteiger charge is -2.38. The molecule has 2 nitrogen and oxygen atoms in total. The van der Waals surface area contributed by atoms with Crippen LogP contribution in [0.4, 0.5) is 10.1 Å². The van der Waals surface area contributed by atoms with Gasteiger partial charge in [0, 0.05) is 6.54 Å². The maximum atomic E-state index is 13.3. The van der Waals surface area contributed by atoms with Crippen LogP contribution in [0.1, 0.15) is 25.7 Å². The number of nitrogens with one attached hydrogen (secondary N) is 1. The molecule has 18 heavy (non-hydrogen) atoms. The van der Waals surface area contributed by atoms with Gasteiger partial charge in [0.15, 0.2) is 0 Å². The monoisotopic (exact) mass is 268 g/mol. The summed E-state index contributed by atoms with van der Waals surface area (Å²) >= 11 is 6.13. The van der Waals surface area contributed by atoms with E-state index >= 15 is 0 Å². The zero-order valence-corrected chi connectivity index (χ0v) is 11.0. The molecule has 2 fully saturated rings. The molecule has 2 aliphatic rings. The third-order valence-electron chi connectivity index (χ3n) is 4.65. The molecule has 2 saturated carbocycles. The highest BCUT2D eigenvalue weighted by atomic mass is 35.5. The normalized spacial score (nSPS) is 33.9. The van der Waals surface area contributed by atoms with Crippen molar-refractivity contribution in [2.45, 2.75) is 31.2 Å². The summed E-state index contributed by atoms with van der Waals surface area (Å²) in [5.41, 5.74) is 6.58. The molecule has 3 unspecified atom stereocenters. The Morgan fingerprint density at radius 1 is 1.44 bits per heavy atom. The lowest BCUT2D eigenvalue weighted by atomic mass is 9.80. The summed E-state index contributed by atoms with van der Waals surface area (Å²) in [6, 6.07) is 4.44. The Morgan fingerprint density at radius 2 is 2.28 bits per heavy atom. The van der Waals surface area contributed by atoms with E-state index in [1.165, 1.54) is 31.4 Å². The fourth-order valence-electron chi connectivity index (χ4n) is 3.76. The number of halogens is 2. The zero-order chi connectivity index (χ0) is 12.8. The van der Waals surface area contributed by atoms with Crippen molar-refractivity contribution in [3.8, 4) is 0 Å². The van der Waals surface area contributed by atoms with Crippen molar-refractivity contribution in [3.63, 3.8) is 0 Å². The van der Waals surface area contributed by atoms with Crippen molar-refractivity contribution in [1.82, 2.24) is 0 Å². The molecule has 0 aromatic heterocycles. The van der Waals surface area contributed by atoms with Crippen LogP contribution in [0.3, 0.4) is 0 Å². The first-order valence-electron chi connectivity index (χ1n) is 6.56. The number of hydrogen-bond acceptors (Lipinski definition) is 2. The molecule has 0 heterocycles. The Hall–Kier alpha value is -0.800. The van der Waals surface area contributed by atoms with Crippen LogP contribution in [0.2, 0.25) is 5.02 Å². The van der Waals surface area contributed by atoms with Gasteiger partial charge in [-0.25, -0.2) is 4.39 Å². The van der Waals surface area contributed by atoms with Crippen LogP contribution in [0.5, 0.6) is 0 Å². The summed E-state index contributed by atoms with van der Waals surface area (Å²) < 4.78 is 13.3. The van der Waals surface area contributed by atoms with Crippen LogP contribution in [0, 0.1) is 17.7 Å². The second kappa shape index (κ2) is 4.39. The fraction of sp³-hybridized carbons (Fsp3) is 0.571. The van der Waals surface area contributed by atoms with Crippen LogP contribution in [-0.2, 0) is 0 Å². The molecule has 0 aliphatic heterocycles. The minimum absolute atomic E-state index is 0.0830. The molecule has 98 valence electrons. The second-order valence-corrected chi connectivity index (χ2v) is 6.10. The molecule has 0 amide bonds. The van der Waals surface area contributed by atoms with E-state index in [0.29, 0.717) is 23.2 Å². The predicted molar refractivity (Wildman–Crippen MR) is 72.3 cm³/mol. The van der Waals surface area contributed by atoms with Gasteiger partial charge in [0.05, 0.1) is 16.2 Å². The lowest BCUT2D eigenvalue weighted by Crippen LogP contribution is -2.49. The number of anilines is 1. The molecule has 1 aromatic rings. The van der Waals surface area contributed by atoms with Gasteiger partial charge < -0.3 is 11.1 Å². The quantitative estimate of drug-likeness (QED) is 0.882. The highest BCUT2D eigenvalue weighted by Gasteiger charge is 2.50. The van der Waals surface area contributed by atoms with Crippen LogP contribution in [0.15, 0.2) is 18.2 Å². The molecular formula is C14H18ClFN2. The van der Waals surface area contributed by atoms with Crippen molar-refractivity contribution < 1.29 is 4.39 Å². The van der Waals surface area contributed by atoms with E-state index in [2.05, 4.69) is 5.32 Å². The molecule has 2 aliphatic carbocycles. The Morgan fingerprint density at radius 3 is 2.89 bits per heavy atom.